The normalized spacial score (nSPS) is 11.9. The minimum atomic E-state index is -5.31. The van der Waals surface area contributed by atoms with Crippen LogP contribution < -0.4 is 0 Å². The molecule has 0 radical (unpaired) electrons. The molecule has 0 N–H and O–H groups in total. The van der Waals surface area contributed by atoms with Crippen LogP contribution in [0.5, 0.6) is 0 Å². The first-order valence-corrected chi connectivity index (χ1v) is 3.40. The fourth-order valence-electron chi connectivity index (χ4n) is 0.723. The van der Waals surface area contributed by atoms with Gasteiger partial charge in [-0.2, -0.15) is 26.9 Å². The lowest BCUT2D eigenvalue weighted by Crippen LogP contribution is -2.14. The molecule has 0 bridgehead atoms. The van der Waals surface area contributed by atoms with Crippen LogP contribution >= 0.6 is 11.6 Å². The number of alkyl halides is 3. The monoisotopic (exact) mass is 235 g/mol. The Labute approximate surface area is 78.3 Å². The second-order valence-electron chi connectivity index (χ2n) is 2.19. The highest BCUT2D eigenvalue weighted by molar-refractivity contribution is 6.30. The second-order valence-corrected chi connectivity index (χ2v) is 2.57. The summed E-state index contributed by atoms with van der Waals surface area (Å²) in [4.78, 5) is 2.18. The van der Waals surface area contributed by atoms with Crippen molar-refractivity contribution >= 4 is 11.6 Å². The first kappa shape index (κ1) is 11.1. The lowest BCUT2D eigenvalue weighted by atomic mass is 10.2. The molecular formula is C6ClF6N. The van der Waals surface area contributed by atoms with E-state index in [0.29, 0.717) is 0 Å². The van der Waals surface area contributed by atoms with Crippen LogP contribution in [-0.4, -0.2) is 4.98 Å². The highest BCUT2D eigenvalue weighted by Crippen LogP contribution is 2.35. The van der Waals surface area contributed by atoms with Crippen molar-refractivity contribution < 1.29 is 26.3 Å². The van der Waals surface area contributed by atoms with Crippen molar-refractivity contribution in [2.75, 3.05) is 0 Å². The van der Waals surface area contributed by atoms with Crippen LogP contribution in [-0.2, 0) is 6.18 Å². The lowest BCUT2D eigenvalue weighted by molar-refractivity contribution is -0.143. The Hall–Kier alpha value is -0.980. The third-order valence-electron chi connectivity index (χ3n) is 1.28. The summed E-state index contributed by atoms with van der Waals surface area (Å²) in [5.74, 6) is -6.31. The van der Waals surface area contributed by atoms with Crippen LogP contribution in [0.3, 0.4) is 0 Å². The summed E-state index contributed by atoms with van der Waals surface area (Å²) < 4.78 is 73.1. The molecule has 0 spiro atoms. The van der Waals surface area contributed by atoms with E-state index in [4.69, 9.17) is 11.6 Å². The molecule has 0 atom stereocenters. The molecule has 0 unspecified atom stereocenters. The average molecular weight is 236 g/mol. The number of aromatic nitrogens is 1. The van der Waals surface area contributed by atoms with Crippen LogP contribution in [0, 0.1) is 17.7 Å². The fraction of sp³-hybridized carbons (Fsp3) is 0.167. The Kier molecular flexibility index (Phi) is 2.62. The molecule has 78 valence electrons. The van der Waals surface area contributed by atoms with Gasteiger partial charge in [0.25, 0.3) is 0 Å². The number of nitrogens with zero attached hydrogens (tertiary/aromatic N) is 1. The van der Waals surface area contributed by atoms with Crippen molar-refractivity contribution in [2.24, 2.45) is 0 Å². The third-order valence-corrected chi connectivity index (χ3v) is 1.60. The minimum absolute atomic E-state index is 1.49. The van der Waals surface area contributed by atoms with Gasteiger partial charge in [0.2, 0.25) is 11.9 Å². The third kappa shape index (κ3) is 1.77. The van der Waals surface area contributed by atoms with Crippen molar-refractivity contribution in [2.45, 2.75) is 6.18 Å². The Morgan fingerprint density at radius 1 is 1.00 bits per heavy atom. The van der Waals surface area contributed by atoms with Gasteiger partial charge in [-0.1, -0.05) is 11.6 Å². The van der Waals surface area contributed by atoms with Gasteiger partial charge in [0.15, 0.2) is 5.82 Å². The van der Waals surface area contributed by atoms with E-state index in [-0.39, 0.29) is 0 Å². The lowest BCUT2D eigenvalue weighted by Gasteiger charge is -2.09. The maximum Gasteiger partial charge on any atom is 0.423 e. The number of hydrogen-bond acceptors (Lipinski definition) is 1. The smallest absolute Gasteiger partial charge is 0.204 e. The summed E-state index contributed by atoms with van der Waals surface area (Å²) in [6, 6.07) is 0. The summed E-state index contributed by atoms with van der Waals surface area (Å²) in [6.45, 7) is 0. The molecule has 1 aromatic heterocycles. The standard InChI is InChI=1S/C6ClF6N/c7-2-3(8)1(6(11,12)13)4(9)14-5(2)10. The van der Waals surface area contributed by atoms with Crippen LogP contribution in [0.2, 0.25) is 5.02 Å². The van der Waals surface area contributed by atoms with Gasteiger partial charge in [-0.25, -0.2) is 4.39 Å². The molecule has 1 aromatic rings. The van der Waals surface area contributed by atoms with Crippen molar-refractivity contribution in [3.63, 3.8) is 0 Å². The van der Waals surface area contributed by atoms with Crippen LogP contribution in [0.1, 0.15) is 5.56 Å². The molecule has 0 fully saturated rings. The van der Waals surface area contributed by atoms with Gasteiger partial charge in [-0.15, -0.1) is 0 Å². The Morgan fingerprint density at radius 3 is 1.93 bits per heavy atom. The maximum atomic E-state index is 12.6. The summed E-state index contributed by atoms with van der Waals surface area (Å²) >= 11 is 4.78. The molecule has 0 aliphatic heterocycles. The van der Waals surface area contributed by atoms with Crippen molar-refractivity contribution in [3.8, 4) is 0 Å². The van der Waals surface area contributed by atoms with Gasteiger partial charge in [0.1, 0.15) is 10.6 Å². The molecule has 0 amide bonds. The van der Waals surface area contributed by atoms with E-state index in [1.165, 1.54) is 0 Å². The van der Waals surface area contributed by atoms with Gasteiger partial charge in [-0.05, 0) is 0 Å². The Morgan fingerprint density at radius 2 is 1.50 bits per heavy atom. The molecule has 0 saturated heterocycles. The van der Waals surface area contributed by atoms with Gasteiger partial charge in [0.05, 0.1) is 0 Å². The highest BCUT2D eigenvalue weighted by atomic mass is 35.5. The van der Waals surface area contributed by atoms with E-state index >= 15 is 0 Å². The predicted molar refractivity (Wildman–Crippen MR) is 34.1 cm³/mol. The zero-order chi connectivity index (χ0) is 11.1. The van der Waals surface area contributed by atoms with E-state index in [2.05, 4.69) is 4.98 Å². The molecule has 0 aliphatic rings. The molecule has 1 rings (SSSR count). The quantitative estimate of drug-likeness (QED) is 0.497. The van der Waals surface area contributed by atoms with Crippen LogP contribution in [0.4, 0.5) is 26.3 Å². The van der Waals surface area contributed by atoms with Crippen molar-refractivity contribution in [3.05, 3.63) is 28.3 Å². The zero-order valence-corrected chi connectivity index (χ0v) is 6.85. The van der Waals surface area contributed by atoms with E-state index in [1.807, 2.05) is 0 Å². The molecular weight excluding hydrogens is 236 g/mol. The number of pyridine rings is 1. The molecule has 0 aromatic carbocycles. The van der Waals surface area contributed by atoms with Crippen LogP contribution in [0.25, 0.3) is 0 Å². The molecule has 0 saturated carbocycles. The van der Waals surface area contributed by atoms with E-state index in [9.17, 15) is 26.3 Å². The van der Waals surface area contributed by atoms with Gasteiger partial charge >= 0.3 is 6.18 Å². The Bertz CT molecular complexity index is 374. The number of rotatable bonds is 0. The van der Waals surface area contributed by atoms with Gasteiger partial charge < -0.3 is 0 Å². The summed E-state index contributed by atoms with van der Waals surface area (Å²) in [5.41, 5.74) is -2.30. The zero-order valence-electron chi connectivity index (χ0n) is 6.09. The molecule has 1 heterocycles. The molecule has 0 aliphatic carbocycles. The molecule has 8 heteroatoms. The van der Waals surface area contributed by atoms with E-state index in [1.54, 1.807) is 0 Å². The number of hydrogen-bond donors (Lipinski definition) is 0. The first-order chi connectivity index (χ1) is 6.25. The van der Waals surface area contributed by atoms with Gasteiger partial charge in [-0.3, -0.25) is 0 Å². The second kappa shape index (κ2) is 3.30. The number of halogens is 7. The largest absolute Gasteiger partial charge is 0.423 e. The Balaban J connectivity index is 3.53. The van der Waals surface area contributed by atoms with Gasteiger partial charge in [0, 0.05) is 0 Å². The summed E-state index contributed by atoms with van der Waals surface area (Å²) in [5, 5.41) is -1.49. The molecule has 14 heavy (non-hydrogen) atoms. The summed E-state index contributed by atoms with van der Waals surface area (Å²) in [7, 11) is 0. The molecule has 1 nitrogen and oxygen atoms in total. The fourth-order valence-corrected chi connectivity index (χ4v) is 0.860. The predicted octanol–water partition coefficient (Wildman–Crippen LogP) is 3.17. The minimum Gasteiger partial charge on any atom is -0.204 e. The highest BCUT2D eigenvalue weighted by Gasteiger charge is 2.40. The summed E-state index contributed by atoms with van der Waals surface area (Å²) in [6.07, 6.45) is -5.31. The van der Waals surface area contributed by atoms with Crippen molar-refractivity contribution in [1.82, 2.24) is 4.98 Å². The first-order valence-electron chi connectivity index (χ1n) is 3.02. The van der Waals surface area contributed by atoms with E-state index < -0.39 is 34.5 Å². The van der Waals surface area contributed by atoms with E-state index in [0.717, 1.165) is 0 Å². The topological polar surface area (TPSA) is 12.9 Å². The average Bonchev–Trinajstić information content (AvgIpc) is 1.97. The van der Waals surface area contributed by atoms with Crippen molar-refractivity contribution in [1.29, 1.82) is 0 Å². The SMILES string of the molecule is Fc1nc(F)c(C(F)(F)F)c(F)c1Cl. The van der Waals surface area contributed by atoms with Crippen LogP contribution in [0.15, 0.2) is 0 Å². The maximum absolute atomic E-state index is 12.6.